The number of halogens is 6. The van der Waals surface area contributed by atoms with Crippen LogP contribution in [-0.4, -0.2) is 35.8 Å². The summed E-state index contributed by atoms with van der Waals surface area (Å²) in [6.07, 6.45) is 0. The Kier molecular flexibility index (Phi) is 6.92. The van der Waals surface area contributed by atoms with Crippen LogP contribution in [0.5, 0.6) is 5.75 Å². The van der Waals surface area contributed by atoms with Crippen molar-refractivity contribution in [3.63, 3.8) is 0 Å². The average molecular weight is 664 g/mol. The van der Waals surface area contributed by atoms with E-state index < -0.39 is 29.8 Å². The summed E-state index contributed by atoms with van der Waals surface area (Å²) in [6.45, 7) is 1.84. The number of methoxy groups -OCH3 is 1. The third-order valence-electron chi connectivity index (χ3n) is 6.42. The van der Waals surface area contributed by atoms with E-state index in [4.69, 9.17) is 62.7 Å². The highest BCUT2D eigenvalue weighted by Crippen LogP contribution is 2.50. The van der Waals surface area contributed by atoms with Gasteiger partial charge in [-0.05, 0) is 42.8 Å². The second-order valence-electron chi connectivity index (χ2n) is 8.40. The lowest BCUT2D eigenvalue weighted by molar-refractivity contribution is -0.130. The normalized spacial score (nSPS) is 18.9. The summed E-state index contributed by atoms with van der Waals surface area (Å²) >= 11 is 34.7. The molecule has 0 aromatic heterocycles. The predicted molar refractivity (Wildman–Crippen MR) is 148 cm³/mol. The lowest BCUT2D eigenvalue weighted by Gasteiger charge is -2.50. The summed E-state index contributed by atoms with van der Waals surface area (Å²) in [5.74, 6) is -1.66. The van der Waals surface area contributed by atoms with Crippen molar-refractivity contribution in [3.05, 3.63) is 88.2 Å². The van der Waals surface area contributed by atoms with Gasteiger partial charge in [0.15, 0.2) is 0 Å². The summed E-state index contributed by atoms with van der Waals surface area (Å²) in [4.78, 5) is 43.2. The number of hydrogen-bond acceptors (Lipinski definition) is 4. The van der Waals surface area contributed by atoms with E-state index in [2.05, 4.69) is 15.9 Å². The molecule has 0 aliphatic carbocycles. The minimum absolute atomic E-state index is 0.156. The molecule has 0 saturated carbocycles. The van der Waals surface area contributed by atoms with E-state index in [9.17, 15) is 14.4 Å². The number of benzene rings is 3. The number of rotatable bonds is 4. The molecular formula is C25H14BrCl5N2O4. The van der Waals surface area contributed by atoms with Gasteiger partial charge in [0.1, 0.15) is 11.8 Å². The lowest BCUT2D eigenvalue weighted by Crippen LogP contribution is -2.67. The number of imide groups is 1. The van der Waals surface area contributed by atoms with Gasteiger partial charge in [-0.2, -0.15) is 0 Å². The van der Waals surface area contributed by atoms with Gasteiger partial charge >= 0.3 is 0 Å². The fraction of sp³-hybridized carbons (Fsp3) is 0.160. The maximum atomic E-state index is 13.7. The quantitative estimate of drug-likeness (QED) is 0.124. The molecule has 3 aromatic carbocycles. The highest BCUT2D eigenvalue weighted by atomic mass is 79.9. The van der Waals surface area contributed by atoms with Crippen LogP contribution in [0.4, 0.5) is 5.69 Å². The molecule has 2 aliphatic heterocycles. The molecular weight excluding hydrogens is 649 g/mol. The van der Waals surface area contributed by atoms with E-state index in [1.165, 1.54) is 12.0 Å². The van der Waals surface area contributed by atoms with E-state index in [0.717, 1.165) is 10.5 Å². The molecule has 2 heterocycles. The van der Waals surface area contributed by atoms with E-state index in [-0.39, 0.29) is 31.2 Å². The summed E-state index contributed by atoms with van der Waals surface area (Å²) < 4.78 is 6.27. The zero-order chi connectivity index (χ0) is 26.9. The number of nitrogens with zero attached hydrogens (tertiary/aromatic N) is 2. The van der Waals surface area contributed by atoms with Gasteiger partial charge in [-0.25, -0.2) is 0 Å². The van der Waals surface area contributed by atoms with Gasteiger partial charge in [-0.3, -0.25) is 19.3 Å². The van der Waals surface area contributed by atoms with Gasteiger partial charge in [0.05, 0.1) is 44.4 Å². The second-order valence-corrected chi connectivity index (χ2v) is 11.2. The molecule has 1 saturated heterocycles. The van der Waals surface area contributed by atoms with Crippen molar-refractivity contribution in [2.75, 3.05) is 12.0 Å². The molecule has 0 radical (unpaired) electrons. The smallest absolute Gasteiger partial charge is 0.264 e. The summed E-state index contributed by atoms with van der Waals surface area (Å²) in [6, 6.07) is 8.37. The van der Waals surface area contributed by atoms with Crippen LogP contribution in [0.25, 0.3) is 0 Å². The summed E-state index contributed by atoms with van der Waals surface area (Å²) in [7, 11) is 1.49. The number of hydrogen-bond donors (Lipinski definition) is 0. The topological polar surface area (TPSA) is 66.9 Å². The van der Waals surface area contributed by atoms with Crippen LogP contribution in [0, 0.1) is 6.92 Å². The number of ether oxygens (including phenoxy) is 1. The van der Waals surface area contributed by atoms with Gasteiger partial charge in [-0.1, -0.05) is 80.0 Å². The second kappa shape index (κ2) is 9.63. The first-order valence-corrected chi connectivity index (χ1v) is 13.3. The Balaban J connectivity index is 1.68. The van der Waals surface area contributed by atoms with E-state index in [1.54, 1.807) is 36.4 Å². The molecule has 12 heteroatoms. The van der Waals surface area contributed by atoms with Crippen molar-refractivity contribution in [3.8, 4) is 5.75 Å². The van der Waals surface area contributed by atoms with Gasteiger partial charge in [0.2, 0.25) is 0 Å². The van der Waals surface area contributed by atoms with Crippen LogP contribution >= 0.6 is 73.9 Å². The molecule has 0 N–H and O–H groups in total. The minimum Gasteiger partial charge on any atom is -0.496 e. The Hall–Kier alpha value is -2.00. The third-order valence-corrected chi connectivity index (χ3v) is 9.12. The van der Waals surface area contributed by atoms with Gasteiger partial charge in [0.25, 0.3) is 17.7 Å². The number of amides is 3. The molecule has 2 aliphatic rings. The van der Waals surface area contributed by atoms with Crippen LogP contribution in [0.3, 0.4) is 0 Å². The lowest BCUT2D eigenvalue weighted by atomic mass is 9.85. The molecule has 5 rings (SSSR count). The van der Waals surface area contributed by atoms with E-state index in [0.29, 0.717) is 26.5 Å². The molecule has 1 fully saturated rings. The zero-order valence-electron chi connectivity index (χ0n) is 18.9. The molecule has 37 heavy (non-hydrogen) atoms. The zero-order valence-corrected chi connectivity index (χ0v) is 24.3. The molecule has 190 valence electrons. The Morgan fingerprint density at radius 3 is 1.92 bits per heavy atom. The molecule has 0 bridgehead atoms. The first kappa shape index (κ1) is 26.6. The molecule has 0 spiro atoms. The van der Waals surface area contributed by atoms with Crippen LogP contribution in [0.1, 0.15) is 37.9 Å². The monoisotopic (exact) mass is 660 g/mol. The molecule has 0 unspecified atom stereocenters. The molecule has 3 amide bonds. The van der Waals surface area contributed by atoms with Gasteiger partial charge in [-0.15, -0.1) is 0 Å². The highest BCUT2D eigenvalue weighted by Gasteiger charge is 2.59. The van der Waals surface area contributed by atoms with Gasteiger partial charge < -0.3 is 9.64 Å². The molecule has 2 atom stereocenters. The Bertz CT molecular complexity index is 1500. The van der Waals surface area contributed by atoms with E-state index >= 15 is 0 Å². The Morgan fingerprint density at radius 2 is 1.38 bits per heavy atom. The number of aryl methyl sites for hydroxylation is 1. The Labute approximate surface area is 245 Å². The number of anilines is 1. The van der Waals surface area contributed by atoms with Crippen molar-refractivity contribution in [2.24, 2.45) is 0 Å². The SMILES string of the molecule is COc1ccc(Br)cc1[C@@H]1[C@H](N2C(=O)c3c(Cl)c(Cl)c(Cl)c(Cl)c3C2=O)C(=O)N1c1ccc(C)c(Cl)c1. The van der Waals surface area contributed by atoms with E-state index in [1.807, 2.05) is 6.92 Å². The van der Waals surface area contributed by atoms with Crippen molar-refractivity contribution >= 4 is 97.3 Å². The number of fused-ring (bicyclic) bond motifs is 1. The first-order chi connectivity index (χ1) is 17.5. The largest absolute Gasteiger partial charge is 0.496 e. The maximum absolute atomic E-state index is 13.7. The average Bonchev–Trinajstić information content (AvgIpc) is 3.12. The highest BCUT2D eigenvalue weighted by molar-refractivity contribution is 9.10. The Morgan fingerprint density at radius 1 is 0.784 bits per heavy atom. The fourth-order valence-corrected chi connectivity index (χ4v) is 6.18. The van der Waals surface area contributed by atoms with Crippen LogP contribution in [0.2, 0.25) is 25.1 Å². The fourth-order valence-electron chi connectivity index (χ4n) is 4.61. The summed E-state index contributed by atoms with van der Waals surface area (Å²) in [5.41, 5.74) is 1.47. The predicted octanol–water partition coefficient (Wildman–Crippen LogP) is 7.79. The van der Waals surface area contributed by atoms with Crippen molar-refractivity contribution in [1.29, 1.82) is 0 Å². The third kappa shape index (κ3) is 3.94. The van der Waals surface area contributed by atoms with Crippen molar-refractivity contribution in [1.82, 2.24) is 4.90 Å². The summed E-state index contributed by atoms with van der Waals surface area (Å²) in [5, 5.41) is -0.278. The van der Waals surface area contributed by atoms with Crippen LogP contribution in [0.15, 0.2) is 40.9 Å². The first-order valence-electron chi connectivity index (χ1n) is 10.7. The standard InChI is InChI=1S/C25H14BrCl5N2O4/c1-9-3-5-11(8-13(9)27)32-21(12-7-10(26)4-6-14(12)37-2)22(25(32)36)33-23(34)15-16(24(33)35)18(29)20(31)19(30)17(15)28/h3-8,21-22H,1-2H3/t21-,22+/m1/s1. The molecule has 6 nitrogen and oxygen atoms in total. The minimum atomic E-state index is -1.24. The van der Waals surface area contributed by atoms with Crippen molar-refractivity contribution in [2.45, 2.75) is 19.0 Å². The van der Waals surface area contributed by atoms with Crippen LogP contribution in [-0.2, 0) is 4.79 Å². The number of carbonyl (C=O) groups is 3. The molecule has 3 aromatic rings. The number of β-lactam (4-membered cyclic amide) rings is 1. The maximum Gasteiger partial charge on any atom is 0.264 e. The number of carbonyl (C=O) groups excluding carboxylic acids is 3. The van der Waals surface area contributed by atoms with Crippen molar-refractivity contribution < 1.29 is 19.1 Å². The van der Waals surface area contributed by atoms with Crippen LogP contribution < -0.4 is 9.64 Å². The van der Waals surface area contributed by atoms with Gasteiger partial charge in [0, 0.05) is 20.7 Å².